The number of anilines is 1. The van der Waals surface area contributed by atoms with Gasteiger partial charge in [-0.1, -0.05) is 17.7 Å². The molecule has 0 bridgehead atoms. The highest BCUT2D eigenvalue weighted by atomic mass is 16.5. The van der Waals surface area contributed by atoms with E-state index in [1.54, 1.807) is 12.1 Å². The molecule has 5 heteroatoms. The second kappa shape index (κ2) is 8.35. The Morgan fingerprint density at radius 1 is 0.862 bits per heavy atom. The Morgan fingerprint density at radius 3 is 1.97 bits per heavy atom. The molecule has 5 nitrogen and oxygen atoms in total. The number of rotatable bonds is 5. The Balaban J connectivity index is 1.62. The highest BCUT2D eigenvalue weighted by molar-refractivity contribution is 5.96. The fourth-order valence-corrected chi connectivity index (χ4v) is 3.59. The van der Waals surface area contributed by atoms with Crippen molar-refractivity contribution in [1.82, 2.24) is 4.57 Å². The Bertz CT molecular complexity index is 1020. The van der Waals surface area contributed by atoms with E-state index in [1.807, 2.05) is 71.0 Å². The summed E-state index contributed by atoms with van der Waals surface area (Å²) >= 11 is 0. The van der Waals surface area contributed by atoms with Crippen molar-refractivity contribution < 1.29 is 14.3 Å². The number of aromatic nitrogens is 1. The Hall–Kier alpha value is -3.34. The van der Waals surface area contributed by atoms with Crippen molar-refractivity contribution in [3.05, 3.63) is 82.2 Å². The molecule has 1 amide bonds. The van der Waals surface area contributed by atoms with Crippen molar-refractivity contribution in [1.29, 1.82) is 0 Å². The van der Waals surface area contributed by atoms with Gasteiger partial charge < -0.3 is 14.6 Å². The summed E-state index contributed by atoms with van der Waals surface area (Å²) in [5.41, 5.74) is 7.49. The molecule has 0 unspecified atom stereocenters. The van der Waals surface area contributed by atoms with Gasteiger partial charge in [0.15, 0.2) is 6.61 Å². The molecule has 1 heterocycles. The summed E-state index contributed by atoms with van der Waals surface area (Å²) in [6.07, 6.45) is 0. The summed E-state index contributed by atoms with van der Waals surface area (Å²) < 4.78 is 7.29. The zero-order valence-corrected chi connectivity index (χ0v) is 17.5. The zero-order valence-electron chi connectivity index (χ0n) is 17.5. The monoisotopic (exact) mass is 390 g/mol. The van der Waals surface area contributed by atoms with E-state index in [1.165, 1.54) is 0 Å². The van der Waals surface area contributed by atoms with E-state index in [0.29, 0.717) is 5.56 Å². The first-order chi connectivity index (χ1) is 13.8. The van der Waals surface area contributed by atoms with Gasteiger partial charge in [-0.2, -0.15) is 0 Å². The molecule has 0 atom stereocenters. The normalized spacial score (nSPS) is 10.7. The number of amides is 1. The third-order valence-corrected chi connectivity index (χ3v) is 4.91. The van der Waals surface area contributed by atoms with Crippen LogP contribution in [0.3, 0.4) is 0 Å². The number of benzene rings is 2. The molecule has 1 aromatic heterocycles. The molecule has 0 aliphatic carbocycles. The highest BCUT2D eigenvalue weighted by Gasteiger charge is 2.13. The first-order valence-electron chi connectivity index (χ1n) is 9.56. The van der Waals surface area contributed by atoms with Crippen molar-refractivity contribution in [2.75, 3.05) is 11.9 Å². The first kappa shape index (κ1) is 20.4. The number of aryl methyl sites for hydroxylation is 5. The van der Waals surface area contributed by atoms with Crippen molar-refractivity contribution in [2.45, 2.75) is 34.6 Å². The SMILES string of the molecule is Cc1cc(C)c(NC(=O)COC(=O)c2ccc(-n3c(C)ccc3C)cc2)c(C)c1. The molecule has 3 rings (SSSR count). The Kier molecular flexibility index (Phi) is 5.87. The number of esters is 1. The molecular formula is C24H26N2O3. The van der Waals surface area contributed by atoms with Gasteiger partial charge in [0.2, 0.25) is 0 Å². The predicted molar refractivity (Wildman–Crippen MR) is 115 cm³/mol. The number of nitrogens with one attached hydrogen (secondary N) is 1. The van der Waals surface area contributed by atoms with Crippen LogP contribution in [0.15, 0.2) is 48.5 Å². The number of hydrogen-bond acceptors (Lipinski definition) is 3. The second-order valence-corrected chi connectivity index (χ2v) is 7.40. The van der Waals surface area contributed by atoms with Crippen LogP contribution in [0.1, 0.15) is 38.4 Å². The third-order valence-electron chi connectivity index (χ3n) is 4.91. The lowest BCUT2D eigenvalue weighted by molar-refractivity contribution is -0.119. The minimum absolute atomic E-state index is 0.330. The molecule has 0 aliphatic rings. The van der Waals surface area contributed by atoms with Crippen LogP contribution in [0.5, 0.6) is 0 Å². The van der Waals surface area contributed by atoms with Crippen LogP contribution in [-0.2, 0) is 9.53 Å². The molecule has 1 N–H and O–H groups in total. The lowest BCUT2D eigenvalue weighted by Crippen LogP contribution is -2.22. The molecule has 0 fully saturated rings. The standard InChI is InChI=1S/C24H26N2O3/c1-15-12-16(2)23(17(3)13-15)25-22(27)14-29-24(28)20-8-10-21(11-9-20)26-18(4)6-7-19(26)5/h6-13H,14H2,1-5H3,(H,25,27). The quantitative estimate of drug-likeness (QED) is 0.636. The van der Waals surface area contributed by atoms with Crippen LogP contribution >= 0.6 is 0 Å². The summed E-state index contributed by atoms with van der Waals surface area (Å²) in [7, 11) is 0. The van der Waals surface area contributed by atoms with Crippen molar-refractivity contribution in [2.24, 2.45) is 0 Å². The van der Waals surface area contributed by atoms with Gasteiger partial charge in [-0.05, 0) is 82.1 Å². The number of hydrogen-bond donors (Lipinski definition) is 1. The van der Waals surface area contributed by atoms with Gasteiger partial charge in [-0.15, -0.1) is 0 Å². The van der Waals surface area contributed by atoms with E-state index in [9.17, 15) is 9.59 Å². The molecule has 29 heavy (non-hydrogen) atoms. The van der Waals surface area contributed by atoms with Crippen LogP contribution in [0, 0.1) is 34.6 Å². The smallest absolute Gasteiger partial charge is 0.338 e. The molecule has 0 saturated heterocycles. The Labute approximate surface area is 171 Å². The van der Waals surface area contributed by atoms with Gasteiger partial charge in [-0.25, -0.2) is 4.79 Å². The minimum atomic E-state index is -0.523. The third kappa shape index (κ3) is 4.57. The van der Waals surface area contributed by atoms with Gasteiger partial charge in [0, 0.05) is 22.8 Å². The summed E-state index contributed by atoms with van der Waals surface area (Å²) in [5, 5.41) is 2.83. The van der Waals surface area contributed by atoms with E-state index >= 15 is 0 Å². The van der Waals surface area contributed by atoms with Crippen LogP contribution in [0.4, 0.5) is 5.69 Å². The second-order valence-electron chi connectivity index (χ2n) is 7.40. The van der Waals surface area contributed by atoms with Gasteiger partial charge in [0.25, 0.3) is 5.91 Å². The van der Waals surface area contributed by atoms with Crippen LogP contribution in [0.25, 0.3) is 5.69 Å². The summed E-state index contributed by atoms with van der Waals surface area (Å²) in [4.78, 5) is 24.5. The molecule has 0 radical (unpaired) electrons. The average Bonchev–Trinajstić information content (AvgIpc) is 3.01. The van der Waals surface area contributed by atoms with Crippen LogP contribution < -0.4 is 5.32 Å². The number of ether oxygens (including phenoxy) is 1. The maximum Gasteiger partial charge on any atom is 0.338 e. The van der Waals surface area contributed by atoms with Crippen LogP contribution in [0.2, 0.25) is 0 Å². The topological polar surface area (TPSA) is 60.3 Å². The van der Waals surface area contributed by atoms with E-state index in [0.717, 1.165) is 39.5 Å². The maximum atomic E-state index is 12.3. The lowest BCUT2D eigenvalue weighted by atomic mass is 10.1. The largest absolute Gasteiger partial charge is 0.452 e. The molecular weight excluding hydrogens is 364 g/mol. The van der Waals surface area contributed by atoms with Crippen LogP contribution in [-0.4, -0.2) is 23.1 Å². The lowest BCUT2D eigenvalue weighted by Gasteiger charge is -2.13. The van der Waals surface area contributed by atoms with Crippen molar-refractivity contribution in [3.8, 4) is 5.69 Å². The van der Waals surface area contributed by atoms with E-state index in [2.05, 4.69) is 9.88 Å². The molecule has 0 spiro atoms. The predicted octanol–water partition coefficient (Wildman–Crippen LogP) is 4.81. The number of carbonyl (C=O) groups is 2. The fourth-order valence-electron chi connectivity index (χ4n) is 3.59. The van der Waals surface area contributed by atoms with Crippen molar-refractivity contribution >= 4 is 17.6 Å². The summed E-state index contributed by atoms with van der Waals surface area (Å²) in [6.45, 7) is 9.63. The van der Waals surface area contributed by atoms with Gasteiger partial charge >= 0.3 is 5.97 Å². The van der Waals surface area contributed by atoms with E-state index < -0.39 is 5.97 Å². The average molecular weight is 390 g/mol. The first-order valence-corrected chi connectivity index (χ1v) is 9.56. The van der Waals surface area contributed by atoms with Gasteiger partial charge in [-0.3, -0.25) is 4.79 Å². The molecule has 150 valence electrons. The van der Waals surface area contributed by atoms with E-state index in [-0.39, 0.29) is 12.5 Å². The summed E-state index contributed by atoms with van der Waals surface area (Å²) in [5.74, 6) is -0.881. The fraction of sp³-hybridized carbons (Fsp3) is 0.250. The van der Waals surface area contributed by atoms with Gasteiger partial charge in [0.1, 0.15) is 0 Å². The van der Waals surface area contributed by atoms with Gasteiger partial charge in [0.05, 0.1) is 5.56 Å². The zero-order chi connectivity index (χ0) is 21.1. The molecule has 3 aromatic rings. The Morgan fingerprint density at radius 2 is 1.41 bits per heavy atom. The summed E-state index contributed by atoms with van der Waals surface area (Å²) in [6, 6.07) is 15.3. The number of nitrogens with zero attached hydrogens (tertiary/aromatic N) is 1. The molecule has 0 aliphatic heterocycles. The highest BCUT2D eigenvalue weighted by Crippen LogP contribution is 2.22. The van der Waals surface area contributed by atoms with E-state index in [4.69, 9.17) is 4.74 Å². The molecule has 0 saturated carbocycles. The maximum absolute atomic E-state index is 12.3. The minimum Gasteiger partial charge on any atom is -0.452 e. The molecule has 2 aromatic carbocycles. The number of carbonyl (C=O) groups excluding carboxylic acids is 2. The van der Waals surface area contributed by atoms with Crippen molar-refractivity contribution in [3.63, 3.8) is 0 Å².